The Morgan fingerprint density at radius 3 is 1.67 bits per heavy atom. The van der Waals surface area contributed by atoms with E-state index >= 15 is 0 Å². The van der Waals surface area contributed by atoms with Crippen molar-refractivity contribution >= 4 is 10.4 Å². The summed E-state index contributed by atoms with van der Waals surface area (Å²) in [7, 11) is -4.48. The maximum absolute atomic E-state index is 10.1. The van der Waals surface area contributed by atoms with Crippen LogP contribution in [0, 0.1) is 5.53 Å². The van der Waals surface area contributed by atoms with Crippen LogP contribution in [-0.2, 0) is 14.6 Å². The van der Waals surface area contributed by atoms with Crippen LogP contribution in [0.4, 0.5) is 0 Å². The molecule has 0 atom stereocenters. The van der Waals surface area contributed by atoms with E-state index in [2.05, 4.69) is 11.1 Å². The average molecular weight is 331 g/mol. The molecule has 0 aromatic heterocycles. The fourth-order valence-electron chi connectivity index (χ4n) is 1.75. The van der Waals surface area contributed by atoms with E-state index in [0.717, 1.165) is 12.8 Å². The first-order chi connectivity index (χ1) is 9.47. The zero-order valence-electron chi connectivity index (χ0n) is 13.2. The molecule has 0 saturated heterocycles. The van der Waals surface area contributed by atoms with Crippen molar-refractivity contribution in [3.05, 3.63) is 10.4 Å². The SMILES string of the molecule is CCCCCCCCCCCCOS(=O)(=O)[O-].[N-]=[N+]=N.[Na+]. The molecule has 0 bridgehead atoms. The minimum Gasteiger partial charge on any atom is -0.726 e. The summed E-state index contributed by atoms with van der Waals surface area (Å²) in [6, 6.07) is 0. The molecule has 0 aliphatic carbocycles. The van der Waals surface area contributed by atoms with E-state index in [4.69, 9.17) is 11.1 Å². The third-order valence-electron chi connectivity index (χ3n) is 2.73. The quantitative estimate of drug-likeness (QED) is 0.110. The van der Waals surface area contributed by atoms with Gasteiger partial charge >= 0.3 is 29.6 Å². The monoisotopic (exact) mass is 331 g/mol. The first-order valence-electron chi connectivity index (χ1n) is 7.09. The molecule has 1 N–H and O–H groups in total. The van der Waals surface area contributed by atoms with Crippen LogP contribution >= 0.6 is 0 Å². The number of hydrogen-bond acceptors (Lipinski definition) is 5. The topological polar surface area (TPSA) is 127 Å². The molecule has 0 rings (SSSR count). The van der Waals surface area contributed by atoms with Crippen molar-refractivity contribution in [3.63, 3.8) is 0 Å². The van der Waals surface area contributed by atoms with E-state index in [1.165, 1.54) is 44.9 Å². The normalized spacial score (nSPS) is 10.0. The second-order valence-corrected chi connectivity index (χ2v) is 5.56. The molecule has 0 aliphatic heterocycles. The first-order valence-corrected chi connectivity index (χ1v) is 8.42. The van der Waals surface area contributed by atoms with E-state index < -0.39 is 10.4 Å². The van der Waals surface area contributed by atoms with Crippen LogP contribution in [0.3, 0.4) is 0 Å². The maximum Gasteiger partial charge on any atom is 1.00 e. The summed E-state index contributed by atoms with van der Waals surface area (Å²) in [6.07, 6.45) is 11.7. The minimum absolute atomic E-state index is 0. The van der Waals surface area contributed by atoms with Gasteiger partial charge in [0, 0.05) is 0 Å². The molecule has 0 radical (unpaired) electrons. The zero-order chi connectivity index (χ0) is 15.7. The summed E-state index contributed by atoms with van der Waals surface area (Å²) < 4.78 is 34.5. The van der Waals surface area contributed by atoms with Crippen LogP contribution in [0.1, 0.15) is 71.1 Å². The Kier molecular flexibility index (Phi) is 25.1. The van der Waals surface area contributed by atoms with Gasteiger partial charge in [0.05, 0.1) is 6.61 Å². The second kappa shape index (κ2) is 20.2. The van der Waals surface area contributed by atoms with E-state index in [0.29, 0.717) is 6.42 Å². The maximum atomic E-state index is 10.1. The summed E-state index contributed by atoms with van der Waals surface area (Å²) >= 11 is 0. The summed E-state index contributed by atoms with van der Waals surface area (Å²) in [4.78, 5) is 1.75. The van der Waals surface area contributed by atoms with Gasteiger partial charge in [-0.1, -0.05) is 64.7 Å². The Morgan fingerprint density at radius 2 is 1.33 bits per heavy atom. The van der Waals surface area contributed by atoms with Crippen molar-refractivity contribution in [2.75, 3.05) is 6.61 Å². The van der Waals surface area contributed by atoms with Crippen molar-refractivity contribution in [2.45, 2.75) is 71.1 Å². The van der Waals surface area contributed by atoms with Gasteiger partial charge < -0.3 is 4.55 Å². The number of unbranched alkanes of at least 4 members (excludes halogenated alkanes) is 9. The molecular formula is C12H26N3NaO4S. The van der Waals surface area contributed by atoms with Gasteiger partial charge in [-0.25, -0.2) is 8.42 Å². The first kappa shape index (κ1) is 26.1. The number of rotatable bonds is 12. The smallest absolute Gasteiger partial charge is 0.726 e. The van der Waals surface area contributed by atoms with Gasteiger partial charge in [0.1, 0.15) is 0 Å². The molecule has 0 aromatic carbocycles. The molecule has 120 valence electrons. The Bertz CT molecular complexity index is 333. The van der Waals surface area contributed by atoms with E-state index in [9.17, 15) is 13.0 Å². The van der Waals surface area contributed by atoms with Gasteiger partial charge in [0.2, 0.25) is 10.4 Å². The van der Waals surface area contributed by atoms with Crippen molar-refractivity contribution in [2.24, 2.45) is 0 Å². The second-order valence-electron chi connectivity index (χ2n) is 4.51. The van der Waals surface area contributed by atoms with Gasteiger partial charge in [-0.3, -0.25) is 4.18 Å². The van der Waals surface area contributed by atoms with E-state index in [1.807, 2.05) is 0 Å². The summed E-state index contributed by atoms with van der Waals surface area (Å²) in [6.45, 7) is 2.24. The standard InChI is InChI=1S/C12H26O4S.HN3.Na/c1-2-3-4-5-6-7-8-9-10-11-12-16-17(13,14)15;1-3-2;/h2-12H2,1H3,(H,13,14,15);1H;/q;;+1/p-1. The van der Waals surface area contributed by atoms with Crippen LogP contribution in [-0.4, -0.2) is 19.6 Å². The van der Waals surface area contributed by atoms with Crippen molar-refractivity contribution in [3.8, 4) is 0 Å². The molecular weight excluding hydrogens is 305 g/mol. The Balaban J connectivity index is -0.000000740. The Labute approximate surface area is 150 Å². The average Bonchev–Trinajstić information content (AvgIpc) is 2.35. The summed E-state index contributed by atoms with van der Waals surface area (Å²) in [5.41, 5.74) is 12.2. The molecule has 0 spiro atoms. The number of nitrogens with one attached hydrogen (secondary N) is 1. The van der Waals surface area contributed by atoms with Gasteiger partial charge in [-0.15, -0.1) is 5.53 Å². The van der Waals surface area contributed by atoms with Gasteiger partial charge in [-0.2, -0.15) is 0 Å². The third-order valence-corrected chi connectivity index (χ3v) is 3.18. The van der Waals surface area contributed by atoms with Crippen LogP contribution in [0.15, 0.2) is 0 Å². The molecule has 0 saturated carbocycles. The third kappa shape index (κ3) is 33.2. The largest absolute Gasteiger partial charge is 1.00 e. The Morgan fingerprint density at radius 1 is 1.00 bits per heavy atom. The fourth-order valence-corrected chi connectivity index (χ4v) is 2.07. The van der Waals surface area contributed by atoms with Gasteiger partial charge in [0.15, 0.2) is 0 Å². The molecule has 0 unspecified atom stereocenters. The molecule has 0 aliphatic rings. The molecule has 0 fully saturated rings. The molecule has 21 heavy (non-hydrogen) atoms. The zero-order valence-corrected chi connectivity index (χ0v) is 16.0. The minimum atomic E-state index is -4.48. The fraction of sp³-hybridized carbons (Fsp3) is 1.00. The predicted octanol–water partition coefficient (Wildman–Crippen LogP) is 1.26. The van der Waals surface area contributed by atoms with Crippen molar-refractivity contribution in [1.29, 1.82) is 5.53 Å². The summed E-state index contributed by atoms with van der Waals surface area (Å²) in [5, 5.41) is 0. The van der Waals surface area contributed by atoms with Crippen LogP contribution in [0.5, 0.6) is 0 Å². The van der Waals surface area contributed by atoms with Crippen LogP contribution < -0.4 is 29.6 Å². The van der Waals surface area contributed by atoms with Crippen molar-refractivity contribution < 1.29 is 46.7 Å². The number of nitrogens with zero attached hydrogens (tertiary/aromatic N) is 2. The molecule has 0 heterocycles. The van der Waals surface area contributed by atoms with Crippen LogP contribution in [0.2, 0.25) is 0 Å². The van der Waals surface area contributed by atoms with Gasteiger partial charge in [-0.05, 0) is 16.9 Å². The molecule has 9 heteroatoms. The Hall–Kier alpha value is 0.180. The predicted molar refractivity (Wildman–Crippen MR) is 76.9 cm³/mol. The van der Waals surface area contributed by atoms with Gasteiger partial charge in [0.25, 0.3) is 0 Å². The van der Waals surface area contributed by atoms with E-state index in [-0.39, 0.29) is 36.2 Å². The number of hydrogen-bond donors (Lipinski definition) is 1. The van der Waals surface area contributed by atoms with Crippen LogP contribution in [0.25, 0.3) is 10.4 Å². The molecule has 0 aromatic rings. The van der Waals surface area contributed by atoms with Crippen molar-refractivity contribution in [1.82, 2.24) is 0 Å². The van der Waals surface area contributed by atoms with E-state index in [1.54, 1.807) is 4.91 Å². The molecule has 7 nitrogen and oxygen atoms in total. The summed E-state index contributed by atoms with van der Waals surface area (Å²) in [5.74, 6) is 0. The molecule has 0 amide bonds.